The predicted molar refractivity (Wildman–Crippen MR) is 148 cm³/mol. The molecule has 8 heteroatoms. The predicted octanol–water partition coefficient (Wildman–Crippen LogP) is 5.65. The SMILES string of the molecule is C/C=C/CCCCC[C@@H]1CC2[C@@]3(C(=O)O)CO[C@]24O[C@@H](C2(CC/C=C/C)OCCO2)C[C@@H]1[C@@H]4CC(C(=O)OC)C3. The molecule has 40 heavy (non-hydrogen) atoms. The van der Waals surface area contributed by atoms with Gasteiger partial charge in [-0.3, -0.25) is 9.59 Å². The number of carbonyl (C=O) groups excluding carboxylic acids is 1. The van der Waals surface area contributed by atoms with Crippen LogP contribution in [0, 0.1) is 35.0 Å². The van der Waals surface area contributed by atoms with E-state index >= 15 is 0 Å². The molecule has 224 valence electrons. The summed E-state index contributed by atoms with van der Waals surface area (Å²) in [5, 5.41) is 10.7. The van der Waals surface area contributed by atoms with Crippen LogP contribution in [-0.2, 0) is 33.3 Å². The first kappa shape index (κ1) is 29.7. The van der Waals surface area contributed by atoms with Crippen LogP contribution in [0.3, 0.4) is 0 Å². The number of aliphatic carboxylic acids is 1. The van der Waals surface area contributed by atoms with Crippen molar-refractivity contribution in [2.45, 2.75) is 102 Å². The van der Waals surface area contributed by atoms with E-state index in [0.29, 0.717) is 32.0 Å². The maximum Gasteiger partial charge on any atom is 0.312 e. The van der Waals surface area contributed by atoms with Gasteiger partial charge in [0, 0.05) is 18.3 Å². The Labute approximate surface area is 238 Å². The summed E-state index contributed by atoms with van der Waals surface area (Å²) < 4.78 is 31.5. The lowest BCUT2D eigenvalue weighted by molar-refractivity contribution is -0.383. The number of allylic oxidation sites excluding steroid dienone is 4. The summed E-state index contributed by atoms with van der Waals surface area (Å²) >= 11 is 0. The summed E-state index contributed by atoms with van der Waals surface area (Å²) in [4.78, 5) is 26.1. The third-order valence-corrected chi connectivity index (χ3v) is 10.7. The van der Waals surface area contributed by atoms with Crippen LogP contribution in [0.1, 0.15) is 84.5 Å². The maximum atomic E-state index is 13.1. The first-order valence-electron chi connectivity index (χ1n) is 15.5. The van der Waals surface area contributed by atoms with E-state index in [9.17, 15) is 14.7 Å². The second kappa shape index (κ2) is 12.2. The smallest absolute Gasteiger partial charge is 0.312 e. The third kappa shape index (κ3) is 5.07. The topological polar surface area (TPSA) is 101 Å². The van der Waals surface area contributed by atoms with Crippen LogP contribution in [0.2, 0.25) is 0 Å². The largest absolute Gasteiger partial charge is 0.481 e. The number of methoxy groups -OCH3 is 1. The number of rotatable bonds is 12. The summed E-state index contributed by atoms with van der Waals surface area (Å²) in [6.45, 7) is 5.15. The quantitative estimate of drug-likeness (QED) is 0.186. The van der Waals surface area contributed by atoms with E-state index in [1.54, 1.807) is 0 Å². The molecule has 8 atom stereocenters. The van der Waals surface area contributed by atoms with E-state index < -0.39 is 28.9 Å². The average molecular weight is 561 g/mol. The van der Waals surface area contributed by atoms with Crippen molar-refractivity contribution in [3.05, 3.63) is 24.3 Å². The van der Waals surface area contributed by atoms with E-state index in [1.807, 2.05) is 13.0 Å². The lowest BCUT2D eigenvalue weighted by Gasteiger charge is -2.59. The van der Waals surface area contributed by atoms with Crippen LogP contribution < -0.4 is 0 Å². The van der Waals surface area contributed by atoms with E-state index in [0.717, 1.165) is 51.4 Å². The van der Waals surface area contributed by atoms with Crippen molar-refractivity contribution in [3.8, 4) is 0 Å². The first-order valence-corrected chi connectivity index (χ1v) is 15.5. The number of esters is 1. The Bertz CT molecular complexity index is 970. The second-order valence-electron chi connectivity index (χ2n) is 12.6. The van der Waals surface area contributed by atoms with E-state index in [-0.39, 0.29) is 42.9 Å². The van der Waals surface area contributed by atoms with Crippen LogP contribution in [-0.4, -0.2) is 61.7 Å². The minimum absolute atomic E-state index is 0.0554. The fourth-order valence-corrected chi connectivity index (χ4v) is 8.81. The second-order valence-corrected chi connectivity index (χ2v) is 12.6. The molecule has 0 aromatic carbocycles. The number of carboxylic acids is 1. The minimum atomic E-state index is -1.18. The van der Waals surface area contributed by atoms with Crippen molar-refractivity contribution in [3.63, 3.8) is 0 Å². The Balaban J connectivity index is 1.50. The van der Waals surface area contributed by atoms with Crippen molar-refractivity contribution in [2.75, 3.05) is 26.9 Å². The van der Waals surface area contributed by atoms with Crippen molar-refractivity contribution in [1.82, 2.24) is 0 Å². The van der Waals surface area contributed by atoms with E-state index in [4.69, 9.17) is 23.7 Å². The molecule has 2 unspecified atom stereocenters. The molecule has 8 nitrogen and oxygen atoms in total. The molecule has 5 rings (SSSR count). The molecule has 0 aromatic heterocycles. The van der Waals surface area contributed by atoms with Gasteiger partial charge in [0.15, 0.2) is 11.6 Å². The summed E-state index contributed by atoms with van der Waals surface area (Å²) in [6, 6.07) is 0. The molecular weight excluding hydrogens is 512 g/mol. The van der Waals surface area contributed by atoms with Crippen molar-refractivity contribution in [1.29, 1.82) is 0 Å². The van der Waals surface area contributed by atoms with Gasteiger partial charge < -0.3 is 28.8 Å². The Morgan fingerprint density at radius 1 is 0.975 bits per heavy atom. The fourth-order valence-electron chi connectivity index (χ4n) is 8.81. The molecule has 0 aromatic rings. The van der Waals surface area contributed by atoms with Crippen LogP contribution in [0.5, 0.6) is 0 Å². The first-order chi connectivity index (χ1) is 19.4. The molecule has 0 amide bonds. The van der Waals surface area contributed by atoms with Crippen molar-refractivity contribution < 1.29 is 38.4 Å². The Morgan fingerprint density at radius 2 is 1.73 bits per heavy atom. The zero-order valence-electron chi connectivity index (χ0n) is 24.5. The highest BCUT2D eigenvalue weighted by Crippen LogP contribution is 2.68. The average Bonchev–Trinajstić information content (AvgIpc) is 3.51. The van der Waals surface area contributed by atoms with Gasteiger partial charge in [0.2, 0.25) is 0 Å². The lowest BCUT2D eigenvalue weighted by Crippen LogP contribution is -2.65. The normalized spacial score (nSPS) is 40.0. The highest BCUT2D eigenvalue weighted by Gasteiger charge is 2.75. The molecule has 3 aliphatic heterocycles. The lowest BCUT2D eigenvalue weighted by atomic mass is 9.55. The van der Waals surface area contributed by atoms with E-state index in [2.05, 4.69) is 25.2 Å². The number of ether oxygens (including phenoxy) is 5. The van der Waals surface area contributed by atoms with Crippen molar-refractivity contribution in [2.24, 2.45) is 35.0 Å². The number of carboxylic acid groups (broad SMARTS) is 1. The number of hydrogen-bond donors (Lipinski definition) is 1. The molecule has 3 heterocycles. The summed E-state index contributed by atoms with van der Waals surface area (Å²) in [6.07, 6.45) is 17.4. The monoisotopic (exact) mass is 560 g/mol. The molecule has 5 fully saturated rings. The van der Waals surface area contributed by atoms with Gasteiger partial charge in [0.05, 0.1) is 38.3 Å². The molecule has 2 aliphatic carbocycles. The maximum absolute atomic E-state index is 13.1. The molecule has 2 saturated carbocycles. The molecule has 5 aliphatic rings. The number of carbonyl (C=O) groups is 2. The Hall–Kier alpha value is -1.74. The number of hydrogen-bond acceptors (Lipinski definition) is 7. The summed E-state index contributed by atoms with van der Waals surface area (Å²) in [5.74, 6) is -3.47. The summed E-state index contributed by atoms with van der Waals surface area (Å²) in [5.41, 5.74) is -1.18. The zero-order valence-corrected chi connectivity index (χ0v) is 24.5. The van der Waals surface area contributed by atoms with E-state index in [1.165, 1.54) is 7.11 Å². The third-order valence-electron chi connectivity index (χ3n) is 10.7. The standard InChI is InChI=1S/C32H48O8/c1-4-6-8-9-10-11-13-22-18-26-30(29(34)35)20-23(28(33)36-3)17-25-24(22)19-27(40-32(25,26)39-21-30)31(14-12-7-5-2)37-15-16-38-31/h4-7,22-27H,8-21H2,1-3H3,(H,34,35)/b6-4+,7-5+/t22-,23?,24+,25+,26?,27-,30+,32-/m1/s1. The molecule has 5 bridgehead atoms. The van der Waals surface area contributed by atoms with Gasteiger partial charge in [0.1, 0.15) is 6.10 Å². The fraction of sp³-hybridized carbons (Fsp3) is 0.812. The Morgan fingerprint density at radius 3 is 2.42 bits per heavy atom. The molecule has 1 spiro atoms. The zero-order chi connectivity index (χ0) is 28.4. The summed E-state index contributed by atoms with van der Waals surface area (Å²) in [7, 11) is 1.40. The molecule has 0 radical (unpaired) electrons. The van der Waals surface area contributed by atoms with Gasteiger partial charge in [-0.2, -0.15) is 0 Å². The van der Waals surface area contributed by atoms with Crippen molar-refractivity contribution >= 4 is 11.9 Å². The van der Waals surface area contributed by atoms with Crippen LogP contribution in [0.15, 0.2) is 24.3 Å². The van der Waals surface area contributed by atoms with Crippen LogP contribution in [0.4, 0.5) is 0 Å². The molecule has 3 saturated heterocycles. The van der Waals surface area contributed by atoms with Gasteiger partial charge in [-0.15, -0.1) is 0 Å². The van der Waals surface area contributed by atoms with Gasteiger partial charge in [-0.1, -0.05) is 43.6 Å². The van der Waals surface area contributed by atoms with Crippen LogP contribution >= 0.6 is 0 Å². The van der Waals surface area contributed by atoms with Gasteiger partial charge in [0.25, 0.3) is 0 Å². The Kier molecular flexibility index (Phi) is 9.10. The minimum Gasteiger partial charge on any atom is -0.481 e. The van der Waals surface area contributed by atoms with Gasteiger partial charge in [-0.25, -0.2) is 0 Å². The van der Waals surface area contributed by atoms with Gasteiger partial charge >= 0.3 is 11.9 Å². The van der Waals surface area contributed by atoms with Gasteiger partial charge in [-0.05, 0) is 70.6 Å². The highest BCUT2D eigenvalue weighted by atomic mass is 16.8. The van der Waals surface area contributed by atoms with Crippen LogP contribution in [0.25, 0.3) is 0 Å². The molecular formula is C32H48O8. The molecule has 1 N–H and O–H groups in total. The highest BCUT2D eigenvalue weighted by molar-refractivity contribution is 5.79. The number of unbranched alkanes of at least 4 members (excludes halogenated alkanes) is 3.